The first-order valence-electron chi connectivity index (χ1n) is 7.47. The third-order valence-electron chi connectivity index (χ3n) is 3.74. The average Bonchev–Trinajstić information content (AvgIpc) is 2.58. The lowest BCUT2D eigenvalue weighted by Crippen LogP contribution is -2.24. The molecule has 2 aromatic rings. The van der Waals surface area contributed by atoms with Crippen molar-refractivity contribution in [3.8, 4) is 6.07 Å². The Morgan fingerprint density at radius 2 is 1.96 bits per heavy atom. The molecule has 0 aliphatic carbocycles. The molecule has 5 heteroatoms. The molecule has 2 rings (SSSR count). The molecule has 1 amide bonds. The van der Waals surface area contributed by atoms with Crippen molar-refractivity contribution < 1.29 is 4.79 Å². The van der Waals surface area contributed by atoms with E-state index in [1.165, 1.54) is 6.20 Å². The van der Waals surface area contributed by atoms with Crippen LogP contribution in [0.1, 0.15) is 16.7 Å². The van der Waals surface area contributed by atoms with Gasteiger partial charge in [0.05, 0.1) is 0 Å². The molecule has 0 heterocycles. The van der Waals surface area contributed by atoms with Crippen LogP contribution in [0, 0.1) is 25.2 Å². The number of carbonyl (C=O) groups excluding carboxylic acids is 1. The second-order valence-electron chi connectivity index (χ2n) is 5.34. The van der Waals surface area contributed by atoms with Gasteiger partial charge in [-0.1, -0.05) is 41.9 Å². The molecular weight excluding hydrogens is 322 g/mol. The van der Waals surface area contributed by atoms with Crippen LogP contribution in [0.2, 0.25) is 5.02 Å². The van der Waals surface area contributed by atoms with Crippen molar-refractivity contribution in [2.24, 2.45) is 0 Å². The second-order valence-corrected chi connectivity index (χ2v) is 5.74. The summed E-state index contributed by atoms with van der Waals surface area (Å²) in [6.45, 7) is 4.25. The van der Waals surface area contributed by atoms with Crippen LogP contribution in [0.3, 0.4) is 0 Å². The molecule has 0 atom stereocenters. The molecule has 4 nitrogen and oxygen atoms in total. The van der Waals surface area contributed by atoms with E-state index in [-0.39, 0.29) is 12.1 Å². The fourth-order valence-electron chi connectivity index (χ4n) is 2.12. The van der Waals surface area contributed by atoms with Crippen molar-refractivity contribution in [3.63, 3.8) is 0 Å². The first kappa shape index (κ1) is 17.6. The van der Waals surface area contributed by atoms with E-state index in [1.807, 2.05) is 56.3 Å². The van der Waals surface area contributed by atoms with Gasteiger partial charge < -0.3 is 10.6 Å². The van der Waals surface area contributed by atoms with Crippen molar-refractivity contribution in [2.45, 2.75) is 20.4 Å². The Bertz CT molecular complexity index is 822. The SMILES string of the molecule is Cc1cccc(N/C=C(/C#N)C(=O)NCc2ccccc2Cl)c1C. The van der Waals surface area contributed by atoms with Gasteiger partial charge in [0.2, 0.25) is 0 Å². The summed E-state index contributed by atoms with van der Waals surface area (Å²) in [5.41, 5.74) is 3.87. The van der Waals surface area contributed by atoms with Gasteiger partial charge in [0.25, 0.3) is 5.91 Å². The highest BCUT2D eigenvalue weighted by Gasteiger charge is 2.10. The van der Waals surface area contributed by atoms with Crippen LogP contribution in [0.5, 0.6) is 0 Å². The molecule has 0 radical (unpaired) electrons. The minimum Gasteiger partial charge on any atom is -0.360 e. The van der Waals surface area contributed by atoms with Crippen molar-refractivity contribution in [1.82, 2.24) is 5.32 Å². The maximum atomic E-state index is 12.1. The maximum Gasteiger partial charge on any atom is 0.263 e. The summed E-state index contributed by atoms with van der Waals surface area (Å²) in [6.07, 6.45) is 1.42. The van der Waals surface area contributed by atoms with E-state index in [1.54, 1.807) is 6.07 Å². The number of nitrogens with zero attached hydrogens (tertiary/aromatic N) is 1. The topological polar surface area (TPSA) is 64.9 Å². The van der Waals surface area contributed by atoms with Crippen LogP contribution in [-0.4, -0.2) is 5.91 Å². The lowest BCUT2D eigenvalue weighted by Gasteiger charge is -2.09. The monoisotopic (exact) mass is 339 g/mol. The molecule has 122 valence electrons. The largest absolute Gasteiger partial charge is 0.360 e. The number of hydrogen-bond acceptors (Lipinski definition) is 3. The van der Waals surface area contributed by atoms with Crippen LogP contribution in [0.25, 0.3) is 0 Å². The number of aryl methyl sites for hydroxylation is 1. The van der Waals surface area contributed by atoms with Crippen LogP contribution in [0.15, 0.2) is 54.2 Å². The molecule has 24 heavy (non-hydrogen) atoms. The molecule has 0 unspecified atom stereocenters. The van der Waals surface area contributed by atoms with Crippen molar-refractivity contribution in [2.75, 3.05) is 5.32 Å². The number of rotatable bonds is 5. The summed E-state index contributed by atoms with van der Waals surface area (Å²) in [4.78, 5) is 12.1. The Labute approximate surface area is 146 Å². The molecule has 0 aliphatic rings. The first-order chi connectivity index (χ1) is 11.5. The van der Waals surface area contributed by atoms with Crippen LogP contribution in [0.4, 0.5) is 5.69 Å². The molecule has 0 aromatic heterocycles. The highest BCUT2D eigenvalue weighted by molar-refractivity contribution is 6.31. The smallest absolute Gasteiger partial charge is 0.263 e. The minimum atomic E-state index is -0.449. The number of amides is 1. The van der Waals surface area contributed by atoms with Gasteiger partial charge in [-0.05, 0) is 42.7 Å². The Balaban J connectivity index is 2.05. The Morgan fingerprint density at radius 1 is 1.21 bits per heavy atom. The van der Waals surface area contributed by atoms with Crippen molar-refractivity contribution in [3.05, 3.63) is 76.0 Å². The van der Waals surface area contributed by atoms with Crippen LogP contribution in [-0.2, 0) is 11.3 Å². The fourth-order valence-corrected chi connectivity index (χ4v) is 2.32. The van der Waals surface area contributed by atoms with E-state index in [4.69, 9.17) is 11.6 Å². The number of nitriles is 1. The predicted molar refractivity (Wildman–Crippen MR) is 96.5 cm³/mol. The number of benzene rings is 2. The lowest BCUT2D eigenvalue weighted by atomic mass is 10.1. The summed E-state index contributed by atoms with van der Waals surface area (Å²) in [6, 6.07) is 15.0. The lowest BCUT2D eigenvalue weighted by molar-refractivity contribution is -0.117. The van der Waals surface area contributed by atoms with E-state index in [9.17, 15) is 10.1 Å². The fraction of sp³-hybridized carbons (Fsp3) is 0.158. The maximum absolute atomic E-state index is 12.1. The Hall–Kier alpha value is -2.77. The van der Waals surface area contributed by atoms with Gasteiger partial charge in [0.15, 0.2) is 0 Å². The van der Waals surface area contributed by atoms with Gasteiger partial charge in [-0.25, -0.2) is 0 Å². The van der Waals surface area contributed by atoms with Crippen LogP contribution >= 0.6 is 11.6 Å². The highest BCUT2D eigenvalue weighted by Crippen LogP contribution is 2.18. The summed E-state index contributed by atoms with van der Waals surface area (Å²) < 4.78 is 0. The number of hydrogen-bond donors (Lipinski definition) is 2. The zero-order valence-electron chi connectivity index (χ0n) is 13.6. The molecule has 0 spiro atoms. The van der Waals surface area contributed by atoms with Gasteiger partial charge in [-0.3, -0.25) is 4.79 Å². The third-order valence-corrected chi connectivity index (χ3v) is 4.11. The number of nitrogens with one attached hydrogen (secondary N) is 2. The van der Waals surface area contributed by atoms with Crippen molar-refractivity contribution in [1.29, 1.82) is 5.26 Å². The zero-order chi connectivity index (χ0) is 17.5. The van der Waals surface area contributed by atoms with E-state index < -0.39 is 5.91 Å². The van der Waals surface area contributed by atoms with E-state index in [0.717, 1.165) is 22.4 Å². The summed E-state index contributed by atoms with van der Waals surface area (Å²) in [5.74, 6) is -0.449. The second kappa shape index (κ2) is 8.19. The molecule has 2 N–H and O–H groups in total. The average molecular weight is 340 g/mol. The third kappa shape index (κ3) is 4.37. The van der Waals surface area contributed by atoms with Crippen LogP contribution < -0.4 is 10.6 Å². The summed E-state index contributed by atoms with van der Waals surface area (Å²) >= 11 is 6.05. The van der Waals surface area contributed by atoms with Gasteiger partial charge in [-0.2, -0.15) is 5.26 Å². The standard InChI is InChI=1S/C19H18ClN3O/c1-13-6-5-9-18(14(13)2)22-12-16(10-21)19(24)23-11-15-7-3-4-8-17(15)20/h3-9,12,22H,11H2,1-2H3,(H,23,24)/b16-12-. The van der Waals surface area contributed by atoms with Gasteiger partial charge in [-0.15, -0.1) is 0 Å². The van der Waals surface area contributed by atoms with Crippen molar-refractivity contribution >= 4 is 23.2 Å². The predicted octanol–water partition coefficient (Wildman–Crippen LogP) is 4.09. The molecule has 2 aromatic carbocycles. The van der Waals surface area contributed by atoms with E-state index in [0.29, 0.717) is 5.02 Å². The van der Waals surface area contributed by atoms with E-state index >= 15 is 0 Å². The Kier molecular flexibility index (Phi) is 6.00. The summed E-state index contributed by atoms with van der Waals surface area (Å²) in [5, 5.41) is 15.5. The van der Waals surface area contributed by atoms with Gasteiger partial charge in [0, 0.05) is 23.5 Å². The summed E-state index contributed by atoms with van der Waals surface area (Å²) in [7, 11) is 0. The minimum absolute atomic E-state index is 0.00274. The van der Waals surface area contributed by atoms with Gasteiger partial charge >= 0.3 is 0 Å². The molecule has 0 fully saturated rings. The zero-order valence-corrected chi connectivity index (χ0v) is 14.3. The normalized spacial score (nSPS) is 10.8. The van der Waals surface area contributed by atoms with E-state index in [2.05, 4.69) is 10.6 Å². The van der Waals surface area contributed by atoms with Gasteiger partial charge in [0.1, 0.15) is 11.6 Å². The molecule has 0 saturated heterocycles. The molecule has 0 saturated carbocycles. The molecule has 0 bridgehead atoms. The highest BCUT2D eigenvalue weighted by atomic mass is 35.5. The molecule has 0 aliphatic heterocycles. The number of anilines is 1. The molecular formula is C19H18ClN3O. The number of carbonyl (C=O) groups is 1. The Morgan fingerprint density at radius 3 is 2.67 bits per heavy atom. The first-order valence-corrected chi connectivity index (χ1v) is 7.85. The quantitative estimate of drug-likeness (QED) is 0.637. The number of halogens is 1.